The minimum absolute atomic E-state index is 0.0310. The normalized spacial score (nSPS) is 18.1. The van der Waals surface area contributed by atoms with Crippen molar-refractivity contribution >= 4 is 10.0 Å². The van der Waals surface area contributed by atoms with Crippen LogP contribution in [-0.2, 0) is 23.0 Å². The molecular weight excluding hydrogens is 260 g/mol. The van der Waals surface area contributed by atoms with E-state index >= 15 is 0 Å². The van der Waals surface area contributed by atoms with E-state index < -0.39 is 10.0 Å². The van der Waals surface area contributed by atoms with Crippen molar-refractivity contribution in [3.8, 4) is 0 Å². The summed E-state index contributed by atoms with van der Waals surface area (Å²) in [6.07, 6.45) is 1.67. The average Bonchev–Trinajstić information content (AvgIpc) is 2.45. The first kappa shape index (κ1) is 14.5. The Labute approximate surface area is 115 Å². The average molecular weight is 282 g/mol. The summed E-state index contributed by atoms with van der Waals surface area (Å²) >= 11 is 0. The lowest BCUT2D eigenvalue weighted by atomic mass is 9.95. The molecule has 0 saturated carbocycles. The minimum Gasteiger partial charge on any atom is -0.324 e. The van der Waals surface area contributed by atoms with Gasteiger partial charge in [0.2, 0.25) is 10.0 Å². The lowest BCUT2D eigenvalue weighted by Gasteiger charge is -2.28. The smallest absolute Gasteiger partial charge is 0.214 e. The van der Waals surface area contributed by atoms with Crippen LogP contribution in [-0.4, -0.2) is 25.0 Å². The molecular formula is C14H22N2O2S. The van der Waals surface area contributed by atoms with E-state index in [2.05, 4.69) is 25.1 Å². The molecule has 1 aliphatic heterocycles. The van der Waals surface area contributed by atoms with Gasteiger partial charge in [0.25, 0.3) is 0 Å². The summed E-state index contributed by atoms with van der Waals surface area (Å²) in [6.45, 7) is 4.81. The third-order valence-corrected chi connectivity index (χ3v) is 5.66. The van der Waals surface area contributed by atoms with Crippen molar-refractivity contribution in [3.05, 3.63) is 34.9 Å². The zero-order valence-corrected chi connectivity index (χ0v) is 12.4. The maximum atomic E-state index is 11.9. The van der Waals surface area contributed by atoms with Gasteiger partial charge in [-0.2, -0.15) is 4.31 Å². The highest BCUT2D eigenvalue weighted by Gasteiger charge is 2.25. The van der Waals surface area contributed by atoms with Gasteiger partial charge in [-0.25, -0.2) is 8.42 Å². The lowest BCUT2D eigenvalue weighted by Crippen LogP contribution is -2.37. The van der Waals surface area contributed by atoms with Crippen LogP contribution >= 0.6 is 0 Å². The summed E-state index contributed by atoms with van der Waals surface area (Å²) in [7, 11) is -3.10. The molecule has 0 amide bonds. The van der Waals surface area contributed by atoms with Crippen LogP contribution in [0.1, 0.15) is 43.0 Å². The summed E-state index contributed by atoms with van der Waals surface area (Å²) in [5.74, 6) is 0.163. The molecule has 1 atom stereocenters. The number of sulfonamides is 1. The van der Waals surface area contributed by atoms with Gasteiger partial charge < -0.3 is 5.73 Å². The molecule has 4 nitrogen and oxygen atoms in total. The highest BCUT2D eigenvalue weighted by Crippen LogP contribution is 2.25. The minimum atomic E-state index is -3.10. The van der Waals surface area contributed by atoms with Crippen LogP contribution in [0.4, 0.5) is 0 Å². The van der Waals surface area contributed by atoms with Crippen molar-refractivity contribution in [2.75, 3.05) is 12.3 Å². The van der Waals surface area contributed by atoms with E-state index in [9.17, 15) is 8.42 Å². The molecule has 0 radical (unpaired) electrons. The molecule has 0 spiro atoms. The summed E-state index contributed by atoms with van der Waals surface area (Å²) in [4.78, 5) is 0. The predicted octanol–water partition coefficient (Wildman–Crippen LogP) is 1.80. The Kier molecular flexibility index (Phi) is 4.28. The second-order valence-electron chi connectivity index (χ2n) is 5.03. The van der Waals surface area contributed by atoms with Crippen LogP contribution in [0.15, 0.2) is 18.2 Å². The second kappa shape index (κ2) is 5.61. The fraction of sp³-hybridized carbons (Fsp3) is 0.571. The number of benzene rings is 1. The van der Waals surface area contributed by atoms with Crippen LogP contribution in [0, 0.1) is 0 Å². The van der Waals surface area contributed by atoms with Gasteiger partial charge in [-0.1, -0.05) is 25.1 Å². The highest BCUT2D eigenvalue weighted by molar-refractivity contribution is 7.89. The van der Waals surface area contributed by atoms with Gasteiger partial charge in [0, 0.05) is 19.1 Å². The van der Waals surface area contributed by atoms with Crippen LogP contribution in [0.5, 0.6) is 0 Å². The fourth-order valence-corrected chi connectivity index (χ4v) is 3.51. The molecule has 1 heterocycles. The zero-order valence-electron chi connectivity index (χ0n) is 11.6. The predicted molar refractivity (Wildman–Crippen MR) is 77.2 cm³/mol. The van der Waals surface area contributed by atoms with Crippen molar-refractivity contribution in [1.29, 1.82) is 0 Å². The fourth-order valence-electron chi connectivity index (χ4n) is 2.44. The van der Waals surface area contributed by atoms with Crippen molar-refractivity contribution < 1.29 is 8.42 Å². The molecule has 1 unspecified atom stereocenters. The molecule has 0 fully saturated rings. The Balaban J connectivity index is 2.28. The molecule has 1 aromatic rings. The van der Waals surface area contributed by atoms with Gasteiger partial charge in [0.1, 0.15) is 0 Å². The SMILES string of the molecule is CCC(N)c1ccc2c(c1)CN(S(=O)(=O)CC)CC2. The molecule has 2 rings (SSSR count). The molecule has 19 heavy (non-hydrogen) atoms. The summed E-state index contributed by atoms with van der Waals surface area (Å²) < 4.78 is 25.5. The van der Waals surface area contributed by atoms with E-state index in [1.165, 1.54) is 5.56 Å². The zero-order chi connectivity index (χ0) is 14.0. The lowest BCUT2D eigenvalue weighted by molar-refractivity contribution is 0.392. The molecule has 1 aromatic carbocycles. The van der Waals surface area contributed by atoms with E-state index in [0.717, 1.165) is 24.0 Å². The van der Waals surface area contributed by atoms with Crippen molar-refractivity contribution in [3.63, 3.8) is 0 Å². The van der Waals surface area contributed by atoms with E-state index in [1.807, 2.05) is 0 Å². The molecule has 0 aromatic heterocycles. The van der Waals surface area contributed by atoms with Crippen molar-refractivity contribution in [2.45, 2.75) is 39.3 Å². The molecule has 5 heteroatoms. The van der Waals surface area contributed by atoms with E-state index in [-0.39, 0.29) is 11.8 Å². The van der Waals surface area contributed by atoms with Crippen molar-refractivity contribution in [2.24, 2.45) is 5.73 Å². The third kappa shape index (κ3) is 2.99. The van der Waals surface area contributed by atoms with Gasteiger partial charge in [-0.15, -0.1) is 0 Å². The Morgan fingerprint density at radius 3 is 2.68 bits per heavy atom. The highest BCUT2D eigenvalue weighted by atomic mass is 32.2. The molecule has 1 aliphatic rings. The summed E-state index contributed by atoms with van der Waals surface area (Å²) in [5, 5.41) is 0. The van der Waals surface area contributed by atoms with Crippen LogP contribution in [0.2, 0.25) is 0 Å². The Bertz CT molecular complexity index is 555. The number of nitrogens with two attached hydrogens (primary N) is 1. The maximum absolute atomic E-state index is 11.9. The Morgan fingerprint density at radius 2 is 2.05 bits per heavy atom. The third-order valence-electron chi connectivity index (χ3n) is 3.83. The van der Waals surface area contributed by atoms with E-state index in [1.54, 1.807) is 11.2 Å². The van der Waals surface area contributed by atoms with Gasteiger partial charge in [0.05, 0.1) is 5.75 Å². The topological polar surface area (TPSA) is 63.4 Å². The maximum Gasteiger partial charge on any atom is 0.214 e. The van der Waals surface area contributed by atoms with Gasteiger partial charge >= 0.3 is 0 Å². The van der Waals surface area contributed by atoms with E-state index in [4.69, 9.17) is 5.73 Å². The number of hydrogen-bond donors (Lipinski definition) is 1. The Hall–Kier alpha value is -0.910. The standard InChI is InChI=1S/C14H22N2O2S/c1-3-14(15)12-6-5-11-7-8-16(10-13(11)9-12)19(17,18)4-2/h5-6,9,14H,3-4,7-8,10,15H2,1-2H3. The number of rotatable bonds is 4. The number of hydrogen-bond acceptors (Lipinski definition) is 3. The largest absolute Gasteiger partial charge is 0.324 e. The second-order valence-corrected chi connectivity index (χ2v) is 7.28. The molecule has 106 valence electrons. The van der Waals surface area contributed by atoms with Crippen molar-refractivity contribution in [1.82, 2.24) is 4.31 Å². The monoisotopic (exact) mass is 282 g/mol. The molecule has 0 saturated heterocycles. The Morgan fingerprint density at radius 1 is 1.32 bits per heavy atom. The molecule has 2 N–H and O–H groups in total. The molecule has 0 bridgehead atoms. The van der Waals surface area contributed by atoms with Gasteiger partial charge in [-0.3, -0.25) is 0 Å². The van der Waals surface area contributed by atoms with E-state index in [0.29, 0.717) is 13.1 Å². The quantitative estimate of drug-likeness (QED) is 0.916. The number of fused-ring (bicyclic) bond motifs is 1. The first-order valence-electron chi connectivity index (χ1n) is 6.83. The van der Waals surface area contributed by atoms with Gasteiger partial charge in [-0.05, 0) is 36.5 Å². The van der Waals surface area contributed by atoms with Crippen LogP contribution in [0.25, 0.3) is 0 Å². The first-order valence-corrected chi connectivity index (χ1v) is 8.44. The van der Waals surface area contributed by atoms with Gasteiger partial charge in [0.15, 0.2) is 0 Å². The number of nitrogens with zero attached hydrogens (tertiary/aromatic N) is 1. The molecule has 0 aliphatic carbocycles. The van der Waals surface area contributed by atoms with Crippen LogP contribution in [0.3, 0.4) is 0 Å². The van der Waals surface area contributed by atoms with Crippen LogP contribution < -0.4 is 5.73 Å². The summed E-state index contributed by atoms with van der Waals surface area (Å²) in [5.41, 5.74) is 9.48. The first-order chi connectivity index (χ1) is 8.97. The summed E-state index contributed by atoms with van der Waals surface area (Å²) in [6, 6.07) is 6.26.